The smallest absolute Gasteiger partial charge is 0.0838 e. The molecule has 3 aliphatic rings. The summed E-state index contributed by atoms with van der Waals surface area (Å²) in [6.07, 6.45) is 4.83. The van der Waals surface area contributed by atoms with Crippen LogP contribution in [0.15, 0.2) is 24.3 Å². The Kier molecular flexibility index (Phi) is 2.33. The van der Waals surface area contributed by atoms with E-state index in [0.717, 1.165) is 6.04 Å². The number of hydrogen-bond acceptors (Lipinski definition) is 2. The normalized spacial score (nSPS) is 42.4. The van der Waals surface area contributed by atoms with E-state index >= 15 is 0 Å². The summed E-state index contributed by atoms with van der Waals surface area (Å²) in [7, 11) is 2.26. The van der Waals surface area contributed by atoms with E-state index in [1.807, 2.05) is 0 Å². The van der Waals surface area contributed by atoms with Crippen molar-refractivity contribution in [2.75, 3.05) is 7.05 Å². The highest BCUT2D eigenvalue weighted by Gasteiger charge is 2.50. The van der Waals surface area contributed by atoms with Crippen LogP contribution in [0.25, 0.3) is 0 Å². The Bertz CT molecular complexity index is 472. The van der Waals surface area contributed by atoms with Gasteiger partial charge < -0.3 is 10.0 Å². The fourth-order valence-corrected chi connectivity index (χ4v) is 4.80. The third-order valence-corrected chi connectivity index (χ3v) is 5.68. The van der Waals surface area contributed by atoms with Crippen molar-refractivity contribution in [3.05, 3.63) is 35.4 Å². The van der Waals surface area contributed by atoms with Crippen LogP contribution in [0.3, 0.4) is 0 Å². The summed E-state index contributed by atoms with van der Waals surface area (Å²) in [5, 5.41) is 10.8. The van der Waals surface area contributed by atoms with E-state index in [4.69, 9.17) is 0 Å². The molecule has 2 nitrogen and oxygen atoms in total. The van der Waals surface area contributed by atoms with Crippen LogP contribution in [-0.4, -0.2) is 29.1 Å². The van der Waals surface area contributed by atoms with E-state index in [1.165, 1.54) is 36.8 Å². The van der Waals surface area contributed by atoms with E-state index in [2.05, 4.69) is 36.2 Å². The maximum Gasteiger partial charge on any atom is 0.0838 e. The highest BCUT2D eigenvalue weighted by Crippen LogP contribution is 2.50. The van der Waals surface area contributed by atoms with Gasteiger partial charge in [0.25, 0.3) is 0 Å². The molecule has 4 rings (SSSR count). The van der Waals surface area contributed by atoms with Gasteiger partial charge in [0.15, 0.2) is 0 Å². The molecule has 0 spiro atoms. The van der Waals surface area contributed by atoms with Crippen LogP contribution < -0.4 is 0 Å². The first-order chi connectivity index (χ1) is 8.75. The number of piperidine rings is 1. The molecule has 2 fully saturated rings. The second kappa shape index (κ2) is 3.82. The zero-order valence-corrected chi connectivity index (χ0v) is 10.9. The molecule has 2 bridgehead atoms. The SMILES string of the molecule is CN1[C@H]2CC[C@@H]1[C@H]1[C@H](Cc3ccccc3[C@@H]1O)C2. The topological polar surface area (TPSA) is 23.5 Å². The summed E-state index contributed by atoms with van der Waals surface area (Å²) < 4.78 is 0. The van der Waals surface area contributed by atoms with Gasteiger partial charge in [0.05, 0.1) is 6.10 Å². The predicted molar refractivity (Wildman–Crippen MR) is 71.3 cm³/mol. The fourth-order valence-electron chi connectivity index (χ4n) is 4.80. The van der Waals surface area contributed by atoms with Gasteiger partial charge in [-0.1, -0.05) is 24.3 Å². The molecule has 1 aliphatic carbocycles. The summed E-state index contributed by atoms with van der Waals surface area (Å²) in [5.41, 5.74) is 2.58. The molecule has 0 radical (unpaired) electrons. The standard InChI is InChI=1S/C16H21NO/c1-17-12-6-7-14(17)15-11(9-12)8-10-4-2-3-5-13(10)16(15)18/h2-5,11-12,14-16,18H,6-9H2,1H3/t11-,12+,14-,15-,16+/m1/s1. The molecule has 0 saturated carbocycles. The maximum absolute atomic E-state index is 10.8. The average Bonchev–Trinajstić information content (AvgIpc) is 2.62. The Hall–Kier alpha value is -0.860. The Morgan fingerprint density at radius 1 is 1.22 bits per heavy atom. The Labute approximate surface area is 109 Å². The van der Waals surface area contributed by atoms with Crippen LogP contribution in [0.5, 0.6) is 0 Å². The van der Waals surface area contributed by atoms with Crippen molar-refractivity contribution >= 4 is 0 Å². The van der Waals surface area contributed by atoms with Gasteiger partial charge in [0, 0.05) is 18.0 Å². The predicted octanol–water partition coefficient (Wildman–Crippen LogP) is 2.38. The molecular formula is C16H21NO. The highest BCUT2D eigenvalue weighted by molar-refractivity contribution is 5.33. The lowest BCUT2D eigenvalue weighted by molar-refractivity contribution is -0.0292. The Morgan fingerprint density at radius 3 is 2.94 bits per heavy atom. The molecule has 0 amide bonds. The molecule has 1 aromatic rings. The van der Waals surface area contributed by atoms with E-state index in [0.29, 0.717) is 17.9 Å². The van der Waals surface area contributed by atoms with Gasteiger partial charge in [-0.15, -0.1) is 0 Å². The van der Waals surface area contributed by atoms with E-state index in [9.17, 15) is 5.11 Å². The fraction of sp³-hybridized carbons (Fsp3) is 0.625. The van der Waals surface area contributed by atoms with Gasteiger partial charge in [-0.3, -0.25) is 0 Å². The van der Waals surface area contributed by atoms with Crippen LogP contribution in [-0.2, 0) is 6.42 Å². The molecule has 2 saturated heterocycles. The van der Waals surface area contributed by atoms with Crippen LogP contribution in [0, 0.1) is 11.8 Å². The first kappa shape index (κ1) is 11.0. The summed E-state index contributed by atoms with van der Waals surface area (Å²) in [6, 6.07) is 9.87. The third-order valence-electron chi connectivity index (χ3n) is 5.68. The second-order valence-electron chi connectivity index (χ2n) is 6.38. The molecule has 1 aromatic carbocycles. The number of fused-ring (bicyclic) bond motifs is 5. The molecule has 1 N–H and O–H groups in total. The maximum atomic E-state index is 10.8. The number of benzene rings is 1. The van der Waals surface area contributed by atoms with Crippen LogP contribution in [0.1, 0.15) is 36.5 Å². The molecule has 2 heteroatoms. The molecule has 5 atom stereocenters. The highest BCUT2D eigenvalue weighted by atomic mass is 16.3. The van der Waals surface area contributed by atoms with Crippen molar-refractivity contribution in [3.63, 3.8) is 0 Å². The monoisotopic (exact) mass is 243 g/mol. The lowest BCUT2D eigenvalue weighted by Crippen LogP contribution is -2.50. The summed E-state index contributed by atoms with van der Waals surface area (Å²) in [4.78, 5) is 2.54. The lowest BCUT2D eigenvalue weighted by Gasteiger charge is -2.48. The van der Waals surface area contributed by atoms with Gasteiger partial charge >= 0.3 is 0 Å². The lowest BCUT2D eigenvalue weighted by atomic mass is 9.67. The van der Waals surface area contributed by atoms with Crippen molar-refractivity contribution in [1.29, 1.82) is 0 Å². The van der Waals surface area contributed by atoms with Gasteiger partial charge in [-0.25, -0.2) is 0 Å². The van der Waals surface area contributed by atoms with E-state index in [1.54, 1.807) is 0 Å². The molecule has 2 heterocycles. The number of rotatable bonds is 0. The van der Waals surface area contributed by atoms with E-state index in [-0.39, 0.29) is 6.10 Å². The minimum atomic E-state index is -0.244. The van der Waals surface area contributed by atoms with Crippen LogP contribution in [0.2, 0.25) is 0 Å². The van der Waals surface area contributed by atoms with Gasteiger partial charge in [-0.05, 0) is 49.8 Å². The largest absolute Gasteiger partial charge is 0.388 e. The Balaban J connectivity index is 1.76. The summed E-state index contributed by atoms with van der Waals surface area (Å²) >= 11 is 0. The average molecular weight is 243 g/mol. The van der Waals surface area contributed by atoms with Gasteiger partial charge in [-0.2, -0.15) is 0 Å². The number of nitrogens with zero attached hydrogens (tertiary/aromatic N) is 1. The van der Waals surface area contributed by atoms with E-state index < -0.39 is 0 Å². The van der Waals surface area contributed by atoms with Crippen molar-refractivity contribution in [2.45, 2.75) is 43.9 Å². The second-order valence-corrected chi connectivity index (χ2v) is 6.38. The molecule has 0 unspecified atom stereocenters. The quantitative estimate of drug-likeness (QED) is 0.756. The third kappa shape index (κ3) is 1.36. The minimum Gasteiger partial charge on any atom is -0.388 e. The number of aliphatic hydroxyl groups excluding tert-OH is 1. The molecule has 96 valence electrons. The van der Waals surface area contributed by atoms with Crippen molar-refractivity contribution in [3.8, 4) is 0 Å². The molecule has 2 aliphatic heterocycles. The van der Waals surface area contributed by atoms with Crippen LogP contribution >= 0.6 is 0 Å². The summed E-state index contributed by atoms with van der Waals surface area (Å²) in [6.45, 7) is 0. The minimum absolute atomic E-state index is 0.244. The van der Waals surface area contributed by atoms with Gasteiger partial charge in [0.2, 0.25) is 0 Å². The number of hydrogen-bond donors (Lipinski definition) is 1. The van der Waals surface area contributed by atoms with Crippen molar-refractivity contribution < 1.29 is 5.11 Å². The summed E-state index contributed by atoms with van der Waals surface area (Å²) in [5.74, 6) is 1.16. The molecular weight excluding hydrogens is 222 g/mol. The zero-order valence-electron chi connectivity index (χ0n) is 10.9. The Morgan fingerprint density at radius 2 is 2.06 bits per heavy atom. The van der Waals surface area contributed by atoms with Crippen molar-refractivity contribution in [2.24, 2.45) is 11.8 Å². The molecule has 18 heavy (non-hydrogen) atoms. The molecule has 0 aromatic heterocycles. The van der Waals surface area contributed by atoms with Crippen LogP contribution in [0.4, 0.5) is 0 Å². The first-order valence-electron chi connectivity index (χ1n) is 7.23. The van der Waals surface area contributed by atoms with Crippen molar-refractivity contribution in [1.82, 2.24) is 4.90 Å². The first-order valence-corrected chi connectivity index (χ1v) is 7.23. The van der Waals surface area contributed by atoms with Gasteiger partial charge in [0.1, 0.15) is 0 Å². The zero-order chi connectivity index (χ0) is 12.3. The number of aliphatic hydroxyl groups is 1.